The molecule has 0 N–H and O–H groups in total. The number of carbonyl (C=O) groups excluding carboxylic acids is 1. The highest BCUT2D eigenvalue weighted by atomic mass is 79.9. The molecule has 0 amide bonds. The zero-order valence-corrected chi connectivity index (χ0v) is 17.2. The minimum atomic E-state index is -0.591. The van der Waals surface area contributed by atoms with E-state index in [1.165, 1.54) is 19.3 Å². The van der Waals surface area contributed by atoms with Gasteiger partial charge in [0, 0.05) is 37.8 Å². The van der Waals surface area contributed by atoms with Gasteiger partial charge in [-0.1, -0.05) is 34.8 Å². The first-order valence-electron chi connectivity index (χ1n) is 9.39. The van der Waals surface area contributed by atoms with Gasteiger partial charge in [0.1, 0.15) is 5.75 Å². The van der Waals surface area contributed by atoms with Crippen LogP contribution in [-0.4, -0.2) is 41.6 Å². The number of rotatable bonds is 8. The smallest absolute Gasteiger partial charge is 0.205 e. The van der Waals surface area contributed by atoms with Crippen LogP contribution < -0.4 is 4.74 Å². The van der Waals surface area contributed by atoms with Crippen LogP contribution in [0.2, 0.25) is 0 Å². The molecule has 0 radical (unpaired) electrons. The average molecular weight is 426 g/mol. The van der Waals surface area contributed by atoms with Crippen molar-refractivity contribution < 1.29 is 19.0 Å². The third-order valence-corrected chi connectivity index (χ3v) is 5.46. The lowest BCUT2D eigenvalue weighted by molar-refractivity contribution is -0.180. The Morgan fingerprint density at radius 2 is 2.08 bits per heavy atom. The third-order valence-electron chi connectivity index (χ3n) is 4.90. The van der Waals surface area contributed by atoms with Gasteiger partial charge in [-0.2, -0.15) is 0 Å². The molecule has 3 rings (SSSR count). The van der Waals surface area contributed by atoms with E-state index in [0.29, 0.717) is 6.61 Å². The van der Waals surface area contributed by atoms with Crippen LogP contribution in [0.25, 0.3) is 0 Å². The maximum absolute atomic E-state index is 11.4. The van der Waals surface area contributed by atoms with Crippen molar-refractivity contribution in [2.75, 3.05) is 18.4 Å². The number of carbonyl (C=O) groups is 1. The summed E-state index contributed by atoms with van der Waals surface area (Å²) in [7, 11) is 0. The largest absolute Gasteiger partial charge is 0.463 e. The molecule has 0 aliphatic carbocycles. The van der Waals surface area contributed by atoms with Crippen LogP contribution >= 0.6 is 15.9 Å². The number of unbranched alkanes of at least 4 members (excludes halogenated alkanes) is 3. The van der Waals surface area contributed by atoms with Crippen LogP contribution in [0, 0.1) is 0 Å². The molecule has 26 heavy (non-hydrogen) atoms. The second kappa shape index (κ2) is 8.83. The van der Waals surface area contributed by atoms with E-state index in [1.54, 1.807) is 0 Å². The summed E-state index contributed by atoms with van der Waals surface area (Å²) < 4.78 is 17.6. The summed E-state index contributed by atoms with van der Waals surface area (Å²) in [6, 6.07) is 6.10. The first kappa shape index (κ1) is 19.8. The van der Waals surface area contributed by atoms with E-state index in [4.69, 9.17) is 14.2 Å². The van der Waals surface area contributed by atoms with Gasteiger partial charge in [0.15, 0.2) is 12.5 Å². The Hall–Kier alpha value is -0.950. The second-order valence-electron chi connectivity index (χ2n) is 7.41. The monoisotopic (exact) mass is 425 g/mol. The zero-order chi connectivity index (χ0) is 18.6. The summed E-state index contributed by atoms with van der Waals surface area (Å²) in [6.45, 7) is 5.99. The van der Waals surface area contributed by atoms with Gasteiger partial charge in [0.05, 0.1) is 12.7 Å². The summed E-state index contributed by atoms with van der Waals surface area (Å²) >= 11 is 3.46. The summed E-state index contributed by atoms with van der Waals surface area (Å²) in [5, 5.41) is 1.06. The second-order valence-corrected chi connectivity index (χ2v) is 8.20. The van der Waals surface area contributed by atoms with E-state index in [-0.39, 0.29) is 6.10 Å². The van der Waals surface area contributed by atoms with Crippen LogP contribution in [0.1, 0.15) is 56.8 Å². The number of hydrogen-bond acceptors (Lipinski definition) is 5. The van der Waals surface area contributed by atoms with Crippen LogP contribution in [0.5, 0.6) is 5.75 Å². The lowest BCUT2D eigenvalue weighted by Crippen LogP contribution is -2.35. The predicted molar refractivity (Wildman–Crippen MR) is 103 cm³/mol. The molecule has 6 heteroatoms. The number of benzene rings is 1. The standard InChI is InChI=1S/C20H28BrNO4/c1-20(2)24-14-16-11-15(7-8-17(16)26-20)18-12-22(19(13-23)25-18)10-6-4-3-5-9-21/h7-8,11,13,18-19H,3-6,9-10,12,14H2,1-2H3. The zero-order valence-electron chi connectivity index (χ0n) is 15.6. The number of ether oxygens (including phenoxy) is 3. The number of aldehydes is 1. The van der Waals surface area contributed by atoms with Crippen LogP contribution in [0.15, 0.2) is 18.2 Å². The number of nitrogens with zero attached hydrogens (tertiary/aromatic N) is 1. The van der Waals surface area contributed by atoms with E-state index >= 15 is 0 Å². The molecule has 0 aromatic heterocycles. The Labute approximate surface area is 164 Å². The molecule has 1 aromatic carbocycles. The van der Waals surface area contributed by atoms with Crippen molar-refractivity contribution in [3.63, 3.8) is 0 Å². The normalized spacial score (nSPS) is 24.9. The molecule has 2 unspecified atom stereocenters. The Kier molecular flexibility index (Phi) is 6.72. The van der Waals surface area contributed by atoms with E-state index < -0.39 is 12.0 Å². The van der Waals surface area contributed by atoms with E-state index in [9.17, 15) is 4.79 Å². The Morgan fingerprint density at radius 3 is 2.85 bits per heavy atom. The molecular weight excluding hydrogens is 398 g/mol. The Bertz CT molecular complexity index is 622. The van der Waals surface area contributed by atoms with E-state index in [1.807, 2.05) is 26.0 Å². The molecular formula is C20H28BrNO4. The molecule has 2 aliphatic heterocycles. The number of fused-ring (bicyclic) bond motifs is 1. The highest BCUT2D eigenvalue weighted by Gasteiger charge is 2.34. The lowest BCUT2D eigenvalue weighted by atomic mass is 10.0. The van der Waals surface area contributed by atoms with Gasteiger partial charge in [-0.3, -0.25) is 9.69 Å². The van der Waals surface area contributed by atoms with Gasteiger partial charge in [0.25, 0.3) is 0 Å². The number of alkyl halides is 1. The lowest BCUT2D eigenvalue weighted by Gasteiger charge is -2.33. The topological polar surface area (TPSA) is 48.0 Å². The van der Waals surface area contributed by atoms with Gasteiger partial charge in [-0.25, -0.2) is 0 Å². The molecule has 144 valence electrons. The fourth-order valence-corrected chi connectivity index (χ4v) is 3.85. The van der Waals surface area contributed by atoms with Crippen molar-refractivity contribution in [3.05, 3.63) is 29.3 Å². The van der Waals surface area contributed by atoms with Gasteiger partial charge < -0.3 is 14.2 Å². The number of hydrogen-bond donors (Lipinski definition) is 0. The fraction of sp³-hybridized carbons (Fsp3) is 0.650. The van der Waals surface area contributed by atoms with Gasteiger partial charge >= 0.3 is 0 Å². The molecule has 2 aliphatic rings. The highest BCUT2D eigenvalue weighted by Crippen LogP contribution is 2.35. The molecule has 2 atom stereocenters. The average Bonchev–Trinajstić information content (AvgIpc) is 3.03. The summed E-state index contributed by atoms with van der Waals surface area (Å²) in [5.41, 5.74) is 2.10. The molecule has 0 spiro atoms. The van der Waals surface area contributed by atoms with Gasteiger partial charge in [-0.15, -0.1) is 0 Å². The third kappa shape index (κ3) is 4.85. The highest BCUT2D eigenvalue weighted by molar-refractivity contribution is 9.09. The van der Waals surface area contributed by atoms with Crippen LogP contribution in [-0.2, 0) is 20.9 Å². The van der Waals surface area contributed by atoms with Crippen molar-refractivity contribution in [1.82, 2.24) is 4.90 Å². The SMILES string of the molecule is CC1(C)OCc2cc(C3CN(CCCCCCBr)C(C=O)O3)ccc2O1. The summed E-state index contributed by atoms with van der Waals surface area (Å²) in [5.74, 6) is 0.269. The predicted octanol–water partition coefficient (Wildman–Crippen LogP) is 4.19. The molecule has 1 fully saturated rings. The quantitative estimate of drug-likeness (QED) is 0.355. The van der Waals surface area contributed by atoms with Crippen LogP contribution in [0.3, 0.4) is 0 Å². The van der Waals surface area contributed by atoms with Crippen molar-refractivity contribution in [2.45, 2.75) is 64.3 Å². The first-order chi connectivity index (χ1) is 12.5. The molecule has 0 saturated carbocycles. The Balaban J connectivity index is 1.60. The first-order valence-corrected chi connectivity index (χ1v) is 10.5. The molecule has 0 bridgehead atoms. The van der Waals surface area contributed by atoms with Crippen molar-refractivity contribution in [3.8, 4) is 5.75 Å². The summed E-state index contributed by atoms with van der Waals surface area (Å²) in [4.78, 5) is 13.6. The maximum atomic E-state index is 11.4. The van der Waals surface area contributed by atoms with Gasteiger partial charge in [0.2, 0.25) is 5.79 Å². The van der Waals surface area contributed by atoms with Crippen molar-refractivity contribution in [2.24, 2.45) is 0 Å². The van der Waals surface area contributed by atoms with E-state index in [0.717, 1.165) is 48.0 Å². The molecule has 5 nitrogen and oxygen atoms in total. The molecule has 1 aromatic rings. The minimum absolute atomic E-state index is 0.0898. The molecule has 2 heterocycles. The van der Waals surface area contributed by atoms with Gasteiger partial charge in [-0.05, 0) is 30.5 Å². The van der Waals surface area contributed by atoms with Crippen LogP contribution in [0.4, 0.5) is 0 Å². The fourth-order valence-electron chi connectivity index (χ4n) is 3.46. The van der Waals surface area contributed by atoms with Crippen molar-refractivity contribution >= 4 is 22.2 Å². The van der Waals surface area contributed by atoms with E-state index in [2.05, 4.69) is 26.9 Å². The molecule has 1 saturated heterocycles. The number of halogens is 1. The van der Waals surface area contributed by atoms with Crippen molar-refractivity contribution in [1.29, 1.82) is 0 Å². The minimum Gasteiger partial charge on any atom is -0.463 e. The summed E-state index contributed by atoms with van der Waals surface area (Å²) in [6.07, 6.45) is 5.07. The Morgan fingerprint density at radius 1 is 1.27 bits per heavy atom. The maximum Gasteiger partial charge on any atom is 0.205 e.